The molecule has 2 aromatic rings. The summed E-state index contributed by atoms with van der Waals surface area (Å²) in [6.45, 7) is 0.0107. The van der Waals surface area contributed by atoms with Crippen molar-refractivity contribution in [2.75, 3.05) is 12.5 Å². The van der Waals surface area contributed by atoms with E-state index in [2.05, 4.69) is 17.5 Å². The van der Waals surface area contributed by atoms with Gasteiger partial charge in [-0.25, -0.2) is 4.98 Å². The molecule has 14 heavy (non-hydrogen) atoms. The molecule has 0 unspecified atom stereocenters. The lowest BCUT2D eigenvalue weighted by atomic mass is 10.5. The second kappa shape index (κ2) is 4.14. The molecule has 0 fully saturated rings. The Hall–Kier alpha value is -0.170. The lowest BCUT2D eigenvalue weighted by Crippen LogP contribution is -1.82. The van der Waals surface area contributed by atoms with Crippen molar-refractivity contribution >= 4 is 39.8 Å². The highest BCUT2D eigenvalue weighted by molar-refractivity contribution is 8.03. The Bertz CT molecular complexity index is 449. The molecule has 76 valence electrons. The molecule has 0 bridgehead atoms. The molecule has 0 amide bonds. The SMILES string of the molecule is CSc1sc2nc(CO)cn2c1SC. The van der Waals surface area contributed by atoms with Gasteiger partial charge in [-0.2, -0.15) is 0 Å². The second-order valence-electron chi connectivity index (χ2n) is 2.65. The zero-order valence-electron chi connectivity index (χ0n) is 7.85. The van der Waals surface area contributed by atoms with Crippen LogP contribution < -0.4 is 0 Å². The molecule has 0 aliphatic carbocycles. The van der Waals surface area contributed by atoms with E-state index in [4.69, 9.17) is 5.11 Å². The number of fused-ring (bicyclic) bond motifs is 1. The molecular formula is C8H10N2OS3. The summed E-state index contributed by atoms with van der Waals surface area (Å²) in [5, 5.41) is 10.2. The number of thioether (sulfide) groups is 2. The minimum atomic E-state index is 0.0107. The summed E-state index contributed by atoms with van der Waals surface area (Å²) in [5.41, 5.74) is 0.735. The van der Waals surface area contributed by atoms with E-state index < -0.39 is 0 Å². The molecular weight excluding hydrogens is 236 g/mol. The first kappa shape index (κ1) is 10.4. The van der Waals surface area contributed by atoms with E-state index in [0.717, 1.165) is 10.7 Å². The van der Waals surface area contributed by atoms with Crippen molar-refractivity contribution in [2.24, 2.45) is 0 Å². The van der Waals surface area contributed by atoms with E-state index in [1.165, 1.54) is 9.24 Å². The highest BCUT2D eigenvalue weighted by Crippen LogP contribution is 2.36. The van der Waals surface area contributed by atoms with Gasteiger partial charge in [-0.1, -0.05) is 11.3 Å². The molecule has 0 radical (unpaired) electrons. The van der Waals surface area contributed by atoms with Gasteiger partial charge in [0, 0.05) is 6.20 Å². The quantitative estimate of drug-likeness (QED) is 0.844. The van der Waals surface area contributed by atoms with Gasteiger partial charge in [-0.05, 0) is 12.5 Å². The Kier molecular flexibility index (Phi) is 3.06. The van der Waals surface area contributed by atoms with Crippen LogP contribution >= 0.6 is 34.9 Å². The van der Waals surface area contributed by atoms with E-state index in [-0.39, 0.29) is 6.61 Å². The van der Waals surface area contributed by atoms with Gasteiger partial charge in [0.05, 0.1) is 16.5 Å². The summed E-state index contributed by atoms with van der Waals surface area (Å²) >= 11 is 5.12. The van der Waals surface area contributed by atoms with E-state index >= 15 is 0 Å². The minimum absolute atomic E-state index is 0.0107. The third-order valence-electron chi connectivity index (χ3n) is 1.84. The molecule has 0 spiro atoms. The van der Waals surface area contributed by atoms with Crippen molar-refractivity contribution in [3.05, 3.63) is 11.9 Å². The summed E-state index contributed by atoms with van der Waals surface area (Å²) in [6.07, 6.45) is 6.02. The molecule has 6 heteroatoms. The zero-order valence-corrected chi connectivity index (χ0v) is 10.3. The van der Waals surface area contributed by atoms with Gasteiger partial charge >= 0.3 is 0 Å². The summed E-state index contributed by atoms with van der Waals surface area (Å²) in [4.78, 5) is 5.27. The normalized spacial score (nSPS) is 11.4. The summed E-state index contributed by atoms with van der Waals surface area (Å²) in [5.74, 6) is 0. The van der Waals surface area contributed by atoms with Gasteiger partial charge in [-0.15, -0.1) is 23.5 Å². The second-order valence-corrected chi connectivity index (χ2v) is 5.49. The molecule has 0 saturated heterocycles. The number of aliphatic hydroxyl groups excluding tert-OH is 1. The molecule has 0 aliphatic rings. The van der Waals surface area contributed by atoms with E-state index in [1.807, 2.05) is 10.6 Å². The molecule has 3 nitrogen and oxygen atoms in total. The predicted molar refractivity (Wildman–Crippen MR) is 62.6 cm³/mol. The van der Waals surface area contributed by atoms with Gasteiger partial charge in [0.1, 0.15) is 5.03 Å². The summed E-state index contributed by atoms with van der Waals surface area (Å²) in [6, 6.07) is 0. The van der Waals surface area contributed by atoms with Crippen molar-refractivity contribution in [1.82, 2.24) is 9.38 Å². The van der Waals surface area contributed by atoms with Gasteiger partial charge in [-0.3, -0.25) is 4.40 Å². The van der Waals surface area contributed by atoms with Crippen LogP contribution in [-0.4, -0.2) is 27.0 Å². The molecule has 0 aromatic carbocycles. The fourth-order valence-corrected chi connectivity index (χ4v) is 4.26. The number of aromatic nitrogens is 2. The lowest BCUT2D eigenvalue weighted by molar-refractivity contribution is 0.277. The molecule has 0 saturated carbocycles. The molecule has 0 aliphatic heterocycles. The van der Waals surface area contributed by atoms with Crippen molar-refractivity contribution < 1.29 is 5.11 Å². The average molecular weight is 246 g/mol. The maximum atomic E-state index is 8.96. The number of rotatable bonds is 3. The van der Waals surface area contributed by atoms with Crippen LogP contribution in [0.1, 0.15) is 5.69 Å². The van der Waals surface area contributed by atoms with E-state index in [0.29, 0.717) is 0 Å². The van der Waals surface area contributed by atoms with Gasteiger partial charge in [0.15, 0.2) is 4.96 Å². The lowest BCUT2D eigenvalue weighted by Gasteiger charge is -1.95. The largest absolute Gasteiger partial charge is 0.390 e. The van der Waals surface area contributed by atoms with Crippen molar-refractivity contribution in [3.63, 3.8) is 0 Å². The Balaban J connectivity index is 2.61. The first-order valence-corrected chi connectivity index (χ1v) is 7.26. The third kappa shape index (κ3) is 1.56. The molecule has 0 atom stereocenters. The van der Waals surface area contributed by atoms with Gasteiger partial charge < -0.3 is 5.11 Å². The maximum absolute atomic E-state index is 8.96. The van der Waals surface area contributed by atoms with Crippen molar-refractivity contribution in [3.8, 4) is 0 Å². The zero-order chi connectivity index (χ0) is 10.1. The number of hydrogen-bond acceptors (Lipinski definition) is 5. The van der Waals surface area contributed by atoms with Crippen LogP contribution in [0.15, 0.2) is 15.4 Å². The summed E-state index contributed by atoms with van der Waals surface area (Å²) < 4.78 is 3.33. The molecule has 2 heterocycles. The Morgan fingerprint density at radius 3 is 2.86 bits per heavy atom. The standard InChI is InChI=1S/C8H10N2OS3/c1-12-6-7(13-2)14-8-9-5(4-11)3-10(6)8/h3,11H,4H2,1-2H3. The van der Waals surface area contributed by atoms with E-state index in [1.54, 1.807) is 34.9 Å². The van der Waals surface area contributed by atoms with Crippen molar-refractivity contribution in [1.29, 1.82) is 0 Å². The van der Waals surface area contributed by atoms with Crippen LogP contribution in [0.3, 0.4) is 0 Å². The smallest absolute Gasteiger partial charge is 0.195 e. The van der Waals surface area contributed by atoms with Crippen LogP contribution in [0, 0.1) is 0 Å². The first-order chi connectivity index (χ1) is 6.80. The number of thiazole rings is 1. The molecule has 2 aromatic heterocycles. The van der Waals surface area contributed by atoms with Crippen LogP contribution in [0.2, 0.25) is 0 Å². The number of nitrogens with zero attached hydrogens (tertiary/aromatic N) is 2. The number of hydrogen-bond donors (Lipinski definition) is 1. The monoisotopic (exact) mass is 246 g/mol. The highest BCUT2D eigenvalue weighted by atomic mass is 32.2. The van der Waals surface area contributed by atoms with Crippen molar-refractivity contribution in [2.45, 2.75) is 15.8 Å². The first-order valence-electron chi connectivity index (χ1n) is 3.99. The van der Waals surface area contributed by atoms with Crippen LogP contribution in [-0.2, 0) is 6.61 Å². The fourth-order valence-electron chi connectivity index (χ4n) is 1.24. The topological polar surface area (TPSA) is 37.5 Å². The fraction of sp³-hybridized carbons (Fsp3) is 0.375. The van der Waals surface area contributed by atoms with Gasteiger partial charge in [0.25, 0.3) is 0 Å². The third-order valence-corrected chi connectivity index (χ3v) is 5.05. The number of imidazole rings is 1. The summed E-state index contributed by atoms with van der Waals surface area (Å²) in [7, 11) is 0. The maximum Gasteiger partial charge on any atom is 0.195 e. The Morgan fingerprint density at radius 1 is 1.50 bits per heavy atom. The van der Waals surface area contributed by atoms with Gasteiger partial charge in [0.2, 0.25) is 0 Å². The van der Waals surface area contributed by atoms with Crippen LogP contribution in [0.4, 0.5) is 0 Å². The molecule has 2 rings (SSSR count). The highest BCUT2D eigenvalue weighted by Gasteiger charge is 2.12. The number of aliphatic hydroxyl groups is 1. The average Bonchev–Trinajstić information content (AvgIpc) is 2.72. The Morgan fingerprint density at radius 2 is 2.29 bits per heavy atom. The Labute approximate surface area is 94.5 Å². The minimum Gasteiger partial charge on any atom is -0.390 e. The predicted octanol–water partition coefficient (Wildman–Crippen LogP) is 2.33. The van der Waals surface area contributed by atoms with E-state index in [9.17, 15) is 0 Å². The van der Waals surface area contributed by atoms with Crippen LogP contribution in [0.5, 0.6) is 0 Å². The molecule has 1 N–H and O–H groups in total. The van der Waals surface area contributed by atoms with Crippen LogP contribution in [0.25, 0.3) is 4.96 Å².